The van der Waals surface area contributed by atoms with Crippen molar-refractivity contribution in [3.05, 3.63) is 46.9 Å². The third-order valence-electron chi connectivity index (χ3n) is 3.54. The van der Waals surface area contributed by atoms with Gasteiger partial charge >= 0.3 is 0 Å². The van der Waals surface area contributed by atoms with Crippen molar-refractivity contribution in [2.45, 2.75) is 20.8 Å². The number of ether oxygens (including phenoxy) is 1. The lowest BCUT2D eigenvalue weighted by atomic mass is 10.1. The van der Waals surface area contributed by atoms with Gasteiger partial charge in [-0.05, 0) is 38.0 Å². The summed E-state index contributed by atoms with van der Waals surface area (Å²) in [5, 5.41) is 6.02. The van der Waals surface area contributed by atoms with Crippen LogP contribution in [0.25, 0.3) is 0 Å². The van der Waals surface area contributed by atoms with Gasteiger partial charge < -0.3 is 15.4 Å². The maximum absolute atomic E-state index is 12.5. The van der Waals surface area contributed by atoms with Crippen LogP contribution >= 0.6 is 0 Å². The monoisotopic (exact) mass is 314 g/mol. The van der Waals surface area contributed by atoms with Crippen LogP contribution in [-0.4, -0.2) is 36.1 Å². The number of nitrogens with one attached hydrogen (secondary N) is 2. The van der Waals surface area contributed by atoms with Crippen LogP contribution in [0, 0.1) is 20.8 Å². The van der Waals surface area contributed by atoms with E-state index in [2.05, 4.69) is 20.6 Å². The third kappa shape index (κ3) is 4.50. The molecule has 0 spiro atoms. The smallest absolute Gasteiger partial charge is 0.274 e. The highest BCUT2D eigenvalue weighted by molar-refractivity contribution is 6.03. The highest BCUT2D eigenvalue weighted by Crippen LogP contribution is 2.19. The van der Waals surface area contributed by atoms with Gasteiger partial charge in [0.2, 0.25) is 0 Å². The summed E-state index contributed by atoms with van der Waals surface area (Å²) < 4.78 is 4.99. The summed E-state index contributed by atoms with van der Waals surface area (Å²) in [6, 6.07) is 7.45. The highest BCUT2D eigenvalue weighted by Gasteiger charge is 2.12. The largest absolute Gasteiger partial charge is 0.383 e. The molecular weight excluding hydrogens is 292 g/mol. The number of hydrogen-bond acceptors (Lipinski definition) is 5. The van der Waals surface area contributed by atoms with Gasteiger partial charge in [0.15, 0.2) is 0 Å². The normalized spacial score (nSPS) is 10.4. The van der Waals surface area contributed by atoms with Gasteiger partial charge in [0.1, 0.15) is 17.3 Å². The molecule has 0 bridgehead atoms. The van der Waals surface area contributed by atoms with Crippen LogP contribution in [0.5, 0.6) is 0 Å². The molecule has 122 valence electrons. The van der Waals surface area contributed by atoms with Crippen molar-refractivity contribution in [1.82, 2.24) is 9.97 Å². The zero-order valence-corrected chi connectivity index (χ0v) is 13.9. The topological polar surface area (TPSA) is 76.1 Å². The van der Waals surface area contributed by atoms with Crippen molar-refractivity contribution in [2.24, 2.45) is 0 Å². The van der Waals surface area contributed by atoms with Crippen LogP contribution in [0.4, 0.5) is 11.5 Å². The Hall–Kier alpha value is -2.47. The predicted octanol–water partition coefficient (Wildman–Crippen LogP) is 2.71. The number of benzene rings is 1. The molecular formula is C17H22N4O2. The first-order chi connectivity index (χ1) is 11.0. The number of carbonyl (C=O) groups excluding carboxylic acids is 1. The molecule has 1 heterocycles. The first kappa shape index (κ1) is 16.9. The van der Waals surface area contributed by atoms with E-state index in [9.17, 15) is 4.79 Å². The number of rotatable bonds is 6. The number of aromatic nitrogens is 2. The Morgan fingerprint density at radius 1 is 1.22 bits per heavy atom. The Bertz CT molecular complexity index is 701. The molecule has 2 rings (SSSR count). The summed E-state index contributed by atoms with van der Waals surface area (Å²) in [6.45, 7) is 6.93. The molecule has 0 aliphatic carbocycles. The van der Waals surface area contributed by atoms with E-state index in [0.29, 0.717) is 30.5 Å². The second-order valence-electron chi connectivity index (χ2n) is 5.31. The van der Waals surface area contributed by atoms with Crippen LogP contribution in [0.1, 0.15) is 27.4 Å². The molecule has 0 aliphatic rings. The van der Waals surface area contributed by atoms with Crippen LogP contribution in [0.3, 0.4) is 0 Å². The van der Waals surface area contributed by atoms with Gasteiger partial charge in [-0.2, -0.15) is 0 Å². The van der Waals surface area contributed by atoms with E-state index in [-0.39, 0.29) is 5.91 Å². The molecule has 23 heavy (non-hydrogen) atoms. The fraction of sp³-hybridized carbons (Fsp3) is 0.353. The van der Waals surface area contributed by atoms with Crippen molar-refractivity contribution in [3.8, 4) is 0 Å². The summed E-state index contributed by atoms with van der Waals surface area (Å²) in [7, 11) is 1.63. The second-order valence-corrected chi connectivity index (χ2v) is 5.31. The maximum atomic E-state index is 12.5. The number of methoxy groups -OCH3 is 1. The Morgan fingerprint density at radius 3 is 2.74 bits per heavy atom. The predicted molar refractivity (Wildman–Crippen MR) is 91.0 cm³/mol. The van der Waals surface area contributed by atoms with E-state index < -0.39 is 0 Å². The molecule has 0 saturated heterocycles. The average molecular weight is 314 g/mol. The minimum Gasteiger partial charge on any atom is -0.383 e. The lowest BCUT2D eigenvalue weighted by Gasteiger charge is -2.11. The summed E-state index contributed by atoms with van der Waals surface area (Å²) in [6.07, 6.45) is 0. The van der Waals surface area contributed by atoms with Crippen molar-refractivity contribution in [2.75, 3.05) is 30.9 Å². The van der Waals surface area contributed by atoms with Gasteiger partial charge in [-0.15, -0.1) is 0 Å². The molecule has 2 N–H and O–H groups in total. The van der Waals surface area contributed by atoms with Crippen LogP contribution in [0.15, 0.2) is 24.3 Å². The summed E-state index contributed by atoms with van der Waals surface area (Å²) in [5.74, 6) is 0.901. The third-order valence-corrected chi connectivity index (χ3v) is 3.54. The molecule has 6 nitrogen and oxygen atoms in total. The Kier molecular flexibility index (Phi) is 5.65. The van der Waals surface area contributed by atoms with Crippen LogP contribution in [-0.2, 0) is 4.74 Å². The van der Waals surface area contributed by atoms with Crippen molar-refractivity contribution in [1.29, 1.82) is 0 Å². The van der Waals surface area contributed by atoms with Crippen LogP contribution < -0.4 is 10.6 Å². The number of carbonyl (C=O) groups is 1. The van der Waals surface area contributed by atoms with Crippen molar-refractivity contribution < 1.29 is 9.53 Å². The number of nitrogens with zero attached hydrogens (tertiary/aromatic N) is 2. The molecule has 0 unspecified atom stereocenters. The molecule has 0 aliphatic heterocycles. The lowest BCUT2D eigenvalue weighted by Crippen LogP contribution is -2.17. The Labute approximate surface area is 136 Å². The highest BCUT2D eigenvalue weighted by atomic mass is 16.5. The molecule has 2 aromatic rings. The molecule has 6 heteroatoms. The summed E-state index contributed by atoms with van der Waals surface area (Å²) in [4.78, 5) is 20.9. The second kappa shape index (κ2) is 7.69. The molecule has 1 aromatic heterocycles. The first-order valence-electron chi connectivity index (χ1n) is 7.47. The molecule has 1 amide bonds. The fourth-order valence-corrected chi connectivity index (χ4v) is 2.13. The zero-order valence-electron chi connectivity index (χ0n) is 13.9. The molecule has 0 atom stereocenters. The van der Waals surface area contributed by atoms with Gasteiger partial charge in [-0.25, -0.2) is 9.97 Å². The van der Waals surface area contributed by atoms with E-state index in [0.717, 1.165) is 16.8 Å². The van der Waals surface area contributed by atoms with E-state index in [1.807, 2.05) is 32.0 Å². The fourth-order valence-electron chi connectivity index (χ4n) is 2.13. The van der Waals surface area contributed by atoms with Gasteiger partial charge in [0, 0.05) is 25.4 Å². The molecule has 0 saturated carbocycles. The number of hydrogen-bond donors (Lipinski definition) is 2. The number of amides is 1. The van der Waals surface area contributed by atoms with Crippen molar-refractivity contribution in [3.63, 3.8) is 0 Å². The number of aryl methyl sites for hydroxylation is 2. The van der Waals surface area contributed by atoms with E-state index >= 15 is 0 Å². The first-order valence-corrected chi connectivity index (χ1v) is 7.47. The Balaban J connectivity index is 2.17. The molecule has 0 fully saturated rings. The van der Waals surface area contributed by atoms with E-state index in [4.69, 9.17) is 4.74 Å². The molecule has 0 radical (unpaired) electrons. The van der Waals surface area contributed by atoms with E-state index in [1.54, 1.807) is 20.1 Å². The lowest BCUT2D eigenvalue weighted by molar-refractivity contribution is 0.102. The van der Waals surface area contributed by atoms with Crippen LogP contribution in [0.2, 0.25) is 0 Å². The summed E-state index contributed by atoms with van der Waals surface area (Å²) in [5.41, 5.74) is 3.30. The number of anilines is 2. The van der Waals surface area contributed by atoms with Crippen molar-refractivity contribution >= 4 is 17.4 Å². The quantitative estimate of drug-likeness (QED) is 0.802. The van der Waals surface area contributed by atoms with Gasteiger partial charge in [0.05, 0.1) is 6.61 Å². The van der Waals surface area contributed by atoms with Gasteiger partial charge in [-0.3, -0.25) is 4.79 Å². The standard InChI is InChI=1S/C17H22N4O2/c1-11-6-5-7-14(12(11)2)21-17(22)15-10-16(18-8-9-23-4)20-13(3)19-15/h5-7,10H,8-9H2,1-4H3,(H,21,22)(H,18,19,20). The minimum absolute atomic E-state index is 0.251. The average Bonchev–Trinajstić information content (AvgIpc) is 2.51. The van der Waals surface area contributed by atoms with Gasteiger partial charge in [-0.1, -0.05) is 12.1 Å². The molecule has 1 aromatic carbocycles. The zero-order chi connectivity index (χ0) is 16.8. The minimum atomic E-state index is -0.251. The maximum Gasteiger partial charge on any atom is 0.274 e. The SMILES string of the molecule is COCCNc1cc(C(=O)Nc2cccc(C)c2C)nc(C)n1. The Morgan fingerprint density at radius 2 is 2.00 bits per heavy atom. The van der Waals surface area contributed by atoms with Gasteiger partial charge in [0.25, 0.3) is 5.91 Å². The van der Waals surface area contributed by atoms with E-state index in [1.165, 1.54) is 0 Å². The summed E-state index contributed by atoms with van der Waals surface area (Å²) >= 11 is 0.